The minimum absolute atomic E-state index is 0. The molecule has 1 saturated carbocycles. The summed E-state index contributed by atoms with van der Waals surface area (Å²) < 4.78 is 0. The van der Waals surface area contributed by atoms with Crippen molar-refractivity contribution in [3.8, 4) is 0 Å². The molecule has 0 saturated heterocycles. The van der Waals surface area contributed by atoms with Crippen LogP contribution in [0.1, 0.15) is 39.5 Å². The maximum atomic E-state index is 11.9. The number of nitrogens with zero attached hydrogens (tertiary/aromatic N) is 1. The largest absolute Gasteiger partial charge is 0.343 e. The summed E-state index contributed by atoms with van der Waals surface area (Å²) in [5.41, 5.74) is 5.51. The second kappa shape index (κ2) is 7.13. The highest BCUT2D eigenvalue weighted by Crippen LogP contribution is 2.26. The molecule has 1 amide bonds. The van der Waals surface area contributed by atoms with Crippen LogP contribution < -0.4 is 5.73 Å². The normalized spacial score (nSPS) is 26.8. The Hall–Kier alpha value is -0.280. The maximum absolute atomic E-state index is 11.9. The third-order valence-electron chi connectivity index (χ3n) is 3.66. The Kier molecular flexibility index (Phi) is 7.00. The number of nitrogens with two attached hydrogens (primary N) is 1. The molecule has 0 aliphatic heterocycles. The topological polar surface area (TPSA) is 46.3 Å². The first-order valence-electron chi connectivity index (χ1n) is 6.03. The molecule has 0 aromatic heterocycles. The summed E-state index contributed by atoms with van der Waals surface area (Å²) in [6, 6.07) is 0.447. The summed E-state index contributed by atoms with van der Waals surface area (Å²) >= 11 is 0. The molecular formula is C12H25ClN2O. The number of rotatable bonds is 3. The maximum Gasteiger partial charge on any atom is 0.226 e. The predicted molar refractivity (Wildman–Crippen MR) is 69.7 cm³/mol. The molecular weight excluding hydrogens is 224 g/mol. The Morgan fingerprint density at radius 3 is 2.31 bits per heavy atom. The number of carbonyl (C=O) groups excluding carboxylic acids is 1. The van der Waals surface area contributed by atoms with Crippen molar-refractivity contribution in [2.24, 2.45) is 17.6 Å². The second-order valence-corrected chi connectivity index (χ2v) is 5.00. The van der Waals surface area contributed by atoms with E-state index < -0.39 is 0 Å². The Morgan fingerprint density at radius 2 is 1.88 bits per heavy atom. The Morgan fingerprint density at radius 1 is 1.38 bits per heavy atom. The molecule has 1 atom stereocenters. The zero-order valence-corrected chi connectivity index (χ0v) is 11.4. The van der Waals surface area contributed by atoms with Crippen molar-refractivity contribution in [2.45, 2.75) is 45.6 Å². The van der Waals surface area contributed by atoms with Gasteiger partial charge in [-0.2, -0.15) is 0 Å². The number of amides is 1. The molecule has 1 unspecified atom stereocenters. The fourth-order valence-corrected chi connectivity index (χ4v) is 2.26. The summed E-state index contributed by atoms with van der Waals surface area (Å²) in [6.45, 7) is 4.65. The van der Waals surface area contributed by atoms with Crippen molar-refractivity contribution in [1.29, 1.82) is 0 Å². The van der Waals surface area contributed by atoms with Crippen molar-refractivity contribution in [3.05, 3.63) is 0 Å². The summed E-state index contributed by atoms with van der Waals surface area (Å²) in [4.78, 5) is 13.8. The summed E-state index contributed by atoms with van der Waals surface area (Å²) in [6.07, 6.45) is 4.81. The highest BCUT2D eigenvalue weighted by atomic mass is 35.5. The SMILES string of the molecule is CC1CCC(N(C)C(=O)C(C)CN)CC1.Cl. The van der Waals surface area contributed by atoms with Gasteiger partial charge in [-0.15, -0.1) is 12.4 Å². The molecule has 0 aromatic rings. The van der Waals surface area contributed by atoms with E-state index >= 15 is 0 Å². The number of carbonyl (C=O) groups is 1. The van der Waals surface area contributed by atoms with Crippen LogP contribution in [0, 0.1) is 11.8 Å². The van der Waals surface area contributed by atoms with Crippen molar-refractivity contribution >= 4 is 18.3 Å². The first-order chi connectivity index (χ1) is 7.06. The smallest absolute Gasteiger partial charge is 0.226 e. The highest BCUT2D eigenvalue weighted by Gasteiger charge is 2.26. The molecule has 0 bridgehead atoms. The van der Waals surface area contributed by atoms with Crippen LogP contribution in [0.25, 0.3) is 0 Å². The van der Waals surface area contributed by atoms with Crippen molar-refractivity contribution in [1.82, 2.24) is 4.90 Å². The van der Waals surface area contributed by atoms with Crippen LogP contribution in [-0.4, -0.2) is 30.4 Å². The molecule has 96 valence electrons. The first-order valence-corrected chi connectivity index (χ1v) is 6.03. The molecule has 2 N–H and O–H groups in total. The minimum atomic E-state index is -0.0330. The Labute approximate surface area is 105 Å². The lowest BCUT2D eigenvalue weighted by Gasteiger charge is -2.34. The average Bonchev–Trinajstić information content (AvgIpc) is 2.27. The van der Waals surface area contributed by atoms with E-state index in [1.165, 1.54) is 12.8 Å². The molecule has 1 fully saturated rings. The summed E-state index contributed by atoms with van der Waals surface area (Å²) in [5.74, 6) is 1.00. The Bertz CT molecular complexity index is 215. The minimum Gasteiger partial charge on any atom is -0.343 e. The van der Waals surface area contributed by atoms with Gasteiger partial charge in [0.2, 0.25) is 5.91 Å². The van der Waals surface area contributed by atoms with E-state index in [1.54, 1.807) is 0 Å². The third-order valence-corrected chi connectivity index (χ3v) is 3.66. The standard InChI is InChI=1S/C12H24N2O.ClH/c1-9-4-6-11(7-5-9)14(3)12(15)10(2)8-13;/h9-11H,4-8,13H2,1-3H3;1H. The lowest BCUT2D eigenvalue weighted by Crippen LogP contribution is -2.43. The quantitative estimate of drug-likeness (QED) is 0.831. The first kappa shape index (κ1) is 15.7. The fraction of sp³-hybridized carbons (Fsp3) is 0.917. The molecule has 0 radical (unpaired) electrons. The van der Waals surface area contributed by atoms with Gasteiger partial charge in [-0.25, -0.2) is 0 Å². The molecule has 0 spiro atoms. The van der Waals surface area contributed by atoms with Gasteiger partial charge in [0, 0.05) is 25.6 Å². The molecule has 1 aliphatic carbocycles. The predicted octanol–water partition coefficient (Wildman–Crippen LogP) is 2.04. The van der Waals surface area contributed by atoms with Gasteiger partial charge in [-0.1, -0.05) is 13.8 Å². The van der Waals surface area contributed by atoms with Gasteiger partial charge in [0.1, 0.15) is 0 Å². The third kappa shape index (κ3) is 3.95. The molecule has 1 aliphatic rings. The van der Waals surface area contributed by atoms with E-state index in [0.29, 0.717) is 12.6 Å². The number of halogens is 1. The lowest BCUT2D eigenvalue weighted by atomic mass is 9.86. The second-order valence-electron chi connectivity index (χ2n) is 5.00. The van der Waals surface area contributed by atoms with E-state index in [4.69, 9.17) is 5.73 Å². The average molecular weight is 249 g/mol. The molecule has 1 rings (SSSR count). The van der Waals surface area contributed by atoms with E-state index in [0.717, 1.165) is 18.8 Å². The zero-order valence-electron chi connectivity index (χ0n) is 10.6. The number of hydrogen-bond acceptors (Lipinski definition) is 2. The van der Waals surface area contributed by atoms with Gasteiger partial charge in [-0.05, 0) is 31.6 Å². The molecule has 0 heterocycles. The molecule has 16 heavy (non-hydrogen) atoms. The monoisotopic (exact) mass is 248 g/mol. The van der Waals surface area contributed by atoms with Gasteiger partial charge in [0.15, 0.2) is 0 Å². The fourth-order valence-electron chi connectivity index (χ4n) is 2.26. The van der Waals surface area contributed by atoms with Crippen molar-refractivity contribution in [2.75, 3.05) is 13.6 Å². The summed E-state index contributed by atoms with van der Waals surface area (Å²) in [7, 11) is 1.93. The molecule has 4 heteroatoms. The van der Waals surface area contributed by atoms with Crippen LogP contribution in [0.15, 0.2) is 0 Å². The molecule has 3 nitrogen and oxygen atoms in total. The van der Waals surface area contributed by atoms with Crippen molar-refractivity contribution < 1.29 is 4.79 Å². The van der Waals surface area contributed by atoms with E-state index in [9.17, 15) is 4.79 Å². The Balaban J connectivity index is 0.00000225. The van der Waals surface area contributed by atoms with Crippen LogP contribution in [0.3, 0.4) is 0 Å². The van der Waals surface area contributed by atoms with Crippen LogP contribution in [0.2, 0.25) is 0 Å². The van der Waals surface area contributed by atoms with Crippen LogP contribution in [0.4, 0.5) is 0 Å². The van der Waals surface area contributed by atoms with E-state index in [-0.39, 0.29) is 24.2 Å². The summed E-state index contributed by atoms with van der Waals surface area (Å²) in [5, 5.41) is 0. The molecule has 0 aromatic carbocycles. The van der Waals surface area contributed by atoms with Crippen molar-refractivity contribution in [3.63, 3.8) is 0 Å². The van der Waals surface area contributed by atoms with E-state index in [2.05, 4.69) is 6.92 Å². The zero-order chi connectivity index (χ0) is 11.4. The van der Waals surface area contributed by atoms with Gasteiger partial charge in [0.25, 0.3) is 0 Å². The van der Waals surface area contributed by atoms with Gasteiger partial charge >= 0.3 is 0 Å². The van der Waals surface area contributed by atoms with Gasteiger partial charge < -0.3 is 10.6 Å². The van der Waals surface area contributed by atoms with Crippen LogP contribution in [-0.2, 0) is 4.79 Å². The van der Waals surface area contributed by atoms with Gasteiger partial charge in [0.05, 0.1) is 0 Å². The van der Waals surface area contributed by atoms with Gasteiger partial charge in [-0.3, -0.25) is 4.79 Å². The van der Waals surface area contributed by atoms with E-state index in [1.807, 2.05) is 18.9 Å². The highest BCUT2D eigenvalue weighted by molar-refractivity contribution is 5.85. The lowest BCUT2D eigenvalue weighted by molar-refractivity contribution is -0.136. The van der Waals surface area contributed by atoms with Crippen LogP contribution in [0.5, 0.6) is 0 Å². The number of hydrogen-bond donors (Lipinski definition) is 1. The van der Waals surface area contributed by atoms with Crippen LogP contribution >= 0.6 is 12.4 Å².